The van der Waals surface area contributed by atoms with Gasteiger partial charge in [-0.2, -0.15) is 0 Å². The molecule has 2 aliphatic heterocycles. The molecule has 4 N–H and O–H groups in total. The van der Waals surface area contributed by atoms with Crippen LogP contribution in [0.1, 0.15) is 75.7 Å². The molecule has 1 fully saturated rings. The highest BCUT2D eigenvalue weighted by Gasteiger charge is 2.32. The number of carbonyl (C=O) groups excluding carboxylic acids is 2. The van der Waals surface area contributed by atoms with E-state index in [1.54, 1.807) is 25.3 Å². The summed E-state index contributed by atoms with van der Waals surface area (Å²) < 4.78 is 11.3. The van der Waals surface area contributed by atoms with Gasteiger partial charge in [-0.05, 0) is 70.2 Å². The third-order valence-electron chi connectivity index (χ3n) is 7.44. The lowest BCUT2D eigenvalue weighted by atomic mass is 9.94. The van der Waals surface area contributed by atoms with Crippen LogP contribution < -0.4 is 20.7 Å². The lowest BCUT2D eigenvalue weighted by Gasteiger charge is -2.29. The largest absolute Gasteiger partial charge is 0.493 e. The fourth-order valence-electron chi connectivity index (χ4n) is 5.36. The number of hydrogen-bond acceptors (Lipinski definition) is 7. The first-order valence-electron chi connectivity index (χ1n) is 13.7. The third-order valence-corrected chi connectivity index (χ3v) is 7.44. The maximum absolute atomic E-state index is 13.6. The van der Waals surface area contributed by atoms with Crippen LogP contribution in [0.15, 0.2) is 53.1 Å². The average molecular weight is 533 g/mol. The van der Waals surface area contributed by atoms with E-state index in [4.69, 9.17) is 9.15 Å². The summed E-state index contributed by atoms with van der Waals surface area (Å²) in [7, 11) is 0. The maximum Gasteiger partial charge on any atom is 0.252 e. The monoisotopic (exact) mass is 532 g/mol. The minimum absolute atomic E-state index is 0.0902. The molecule has 1 saturated heterocycles. The molecule has 4 unspecified atom stereocenters. The number of aliphatic hydroxyl groups excluding tert-OH is 1. The van der Waals surface area contributed by atoms with E-state index >= 15 is 0 Å². The minimum Gasteiger partial charge on any atom is -0.493 e. The van der Waals surface area contributed by atoms with Crippen molar-refractivity contribution < 1.29 is 23.8 Å². The molecule has 9 heteroatoms. The van der Waals surface area contributed by atoms with Crippen molar-refractivity contribution in [3.05, 3.63) is 82.6 Å². The molecule has 0 radical (unpaired) electrons. The predicted octanol–water partition coefficient (Wildman–Crippen LogP) is 3.25. The number of benzene rings is 2. The highest BCUT2D eigenvalue weighted by Crippen LogP contribution is 2.30. The lowest BCUT2D eigenvalue weighted by molar-refractivity contribution is 0.0737. The number of rotatable bonds is 9. The summed E-state index contributed by atoms with van der Waals surface area (Å²) in [6, 6.07) is 12.1. The molecular formula is C30H36N4O5. The number of carbonyl (C=O) groups is 2. The molecule has 3 aromatic rings. The van der Waals surface area contributed by atoms with Gasteiger partial charge >= 0.3 is 0 Å². The van der Waals surface area contributed by atoms with Gasteiger partial charge in [0.05, 0.1) is 24.4 Å². The normalized spacial score (nSPS) is 18.9. The summed E-state index contributed by atoms with van der Waals surface area (Å²) in [6.45, 7) is 4.99. The van der Waals surface area contributed by atoms with Crippen molar-refractivity contribution in [3.8, 4) is 5.75 Å². The van der Waals surface area contributed by atoms with Gasteiger partial charge in [0.25, 0.3) is 11.8 Å². The number of ether oxygens (including phenoxy) is 1. The molecule has 1 aromatic heterocycles. The fraction of sp³-hybridized carbons (Fsp3) is 0.433. The summed E-state index contributed by atoms with van der Waals surface area (Å²) in [4.78, 5) is 31.3. The second-order valence-corrected chi connectivity index (χ2v) is 10.4. The van der Waals surface area contributed by atoms with Crippen LogP contribution in [0.5, 0.6) is 5.75 Å². The molecule has 0 bridgehead atoms. The molecule has 39 heavy (non-hydrogen) atoms. The number of aromatic nitrogens is 1. The van der Waals surface area contributed by atoms with E-state index in [1.807, 2.05) is 37.3 Å². The summed E-state index contributed by atoms with van der Waals surface area (Å²) >= 11 is 0. The Labute approximate surface area is 228 Å². The van der Waals surface area contributed by atoms with E-state index in [0.717, 1.165) is 42.6 Å². The Balaban J connectivity index is 1.39. The molecule has 0 saturated carbocycles. The van der Waals surface area contributed by atoms with E-state index in [2.05, 4.69) is 20.9 Å². The molecule has 2 amide bonds. The number of oxazole rings is 1. The first-order chi connectivity index (χ1) is 18.9. The van der Waals surface area contributed by atoms with Gasteiger partial charge in [0.2, 0.25) is 5.89 Å². The molecular weight excluding hydrogens is 496 g/mol. The lowest BCUT2D eigenvalue weighted by Crippen LogP contribution is -2.52. The molecule has 2 aromatic carbocycles. The summed E-state index contributed by atoms with van der Waals surface area (Å²) in [5, 5.41) is 20.6. The van der Waals surface area contributed by atoms with Gasteiger partial charge in [-0.1, -0.05) is 30.3 Å². The van der Waals surface area contributed by atoms with E-state index in [0.29, 0.717) is 42.2 Å². The quantitative estimate of drug-likeness (QED) is 0.333. The summed E-state index contributed by atoms with van der Waals surface area (Å²) in [6.07, 6.45) is 4.55. The Kier molecular flexibility index (Phi) is 8.28. The maximum atomic E-state index is 13.6. The van der Waals surface area contributed by atoms with E-state index in [9.17, 15) is 14.7 Å². The van der Waals surface area contributed by atoms with Crippen LogP contribution in [0.4, 0.5) is 0 Å². The van der Waals surface area contributed by atoms with Crippen LogP contribution in [0.2, 0.25) is 0 Å². The van der Waals surface area contributed by atoms with Gasteiger partial charge in [-0.15, -0.1) is 0 Å². The average Bonchev–Trinajstić information content (AvgIpc) is 3.64. The van der Waals surface area contributed by atoms with Crippen LogP contribution in [0.25, 0.3) is 0 Å². The van der Waals surface area contributed by atoms with Crippen molar-refractivity contribution in [1.29, 1.82) is 0 Å². The van der Waals surface area contributed by atoms with E-state index in [1.165, 1.54) is 0 Å². The first-order valence-corrected chi connectivity index (χ1v) is 13.7. The van der Waals surface area contributed by atoms with Crippen molar-refractivity contribution >= 4 is 11.8 Å². The topological polar surface area (TPSA) is 126 Å². The Morgan fingerprint density at radius 2 is 1.97 bits per heavy atom. The molecule has 206 valence electrons. The number of aryl methyl sites for hydroxylation is 1. The molecule has 0 aliphatic carbocycles. The van der Waals surface area contributed by atoms with E-state index in [-0.39, 0.29) is 17.9 Å². The highest BCUT2D eigenvalue weighted by atomic mass is 16.5. The van der Waals surface area contributed by atoms with Gasteiger partial charge in [-0.3, -0.25) is 9.59 Å². The van der Waals surface area contributed by atoms with Gasteiger partial charge in [0.15, 0.2) is 0 Å². The van der Waals surface area contributed by atoms with Crippen molar-refractivity contribution in [2.75, 3.05) is 13.2 Å². The second-order valence-electron chi connectivity index (χ2n) is 10.4. The number of nitrogens with one attached hydrogen (secondary N) is 3. The Hall–Kier alpha value is -3.69. The van der Waals surface area contributed by atoms with Crippen LogP contribution in [0.3, 0.4) is 0 Å². The number of amides is 2. The Morgan fingerprint density at radius 3 is 2.69 bits per heavy atom. The Bertz CT molecular complexity index is 1300. The number of fused-ring (bicyclic) bond motifs is 1. The number of aliphatic hydroxyl groups is 1. The van der Waals surface area contributed by atoms with Crippen molar-refractivity contribution in [2.24, 2.45) is 0 Å². The standard InChI is InChI=1S/C30H36N4O5/c1-18-17-39-30(32-18)19(2)33-29(37)23-15-21(16-26-22(23)10-7-13-38-26)28(36)34-25(14-20-8-4-3-5-9-20)27(35)24-11-6-12-31-24/h3-5,8-9,15-17,19,24-25,27,31,35H,6-7,10-14H2,1-2H3,(H,33,37)(H,34,36). The zero-order chi connectivity index (χ0) is 27.4. The molecule has 2 aliphatic rings. The van der Waals surface area contributed by atoms with Crippen molar-refractivity contribution in [3.63, 3.8) is 0 Å². The molecule has 0 spiro atoms. The van der Waals surface area contributed by atoms with Crippen molar-refractivity contribution in [2.45, 2.75) is 70.2 Å². The fourth-order valence-corrected chi connectivity index (χ4v) is 5.36. The van der Waals surface area contributed by atoms with Crippen molar-refractivity contribution in [1.82, 2.24) is 20.9 Å². The second kappa shape index (κ2) is 12.0. The molecule has 3 heterocycles. The third kappa shape index (κ3) is 6.32. The Morgan fingerprint density at radius 1 is 1.15 bits per heavy atom. The predicted molar refractivity (Wildman–Crippen MR) is 146 cm³/mol. The highest BCUT2D eigenvalue weighted by molar-refractivity contribution is 6.02. The SMILES string of the molecule is Cc1coc(C(C)NC(=O)c2cc(C(=O)NC(Cc3ccccc3)C(O)C3CCCN3)cc3c2CCCO3)n1. The summed E-state index contributed by atoms with van der Waals surface area (Å²) in [5.41, 5.74) is 3.23. The molecule has 5 rings (SSSR count). The first kappa shape index (κ1) is 26.9. The molecule has 9 nitrogen and oxygen atoms in total. The summed E-state index contributed by atoms with van der Waals surface area (Å²) in [5.74, 6) is 0.260. The van der Waals surface area contributed by atoms with Crippen LogP contribution in [-0.2, 0) is 12.8 Å². The van der Waals surface area contributed by atoms with E-state index < -0.39 is 18.2 Å². The zero-order valence-corrected chi connectivity index (χ0v) is 22.4. The van der Waals surface area contributed by atoms with Crippen LogP contribution in [0, 0.1) is 6.92 Å². The smallest absolute Gasteiger partial charge is 0.252 e. The van der Waals surface area contributed by atoms with Gasteiger partial charge in [-0.25, -0.2) is 4.98 Å². The minimum atomic E-state index is -0.765. The van der Waals surface area contributed by atoms with Gasteiger partial charge in [0.1, 0.15) is 18.1 Å². The molecule has 4 atom stereocenters. The van der Waals surface area contributed by atoms with Crippen LogP contribution in [-0.4, -0.2) is 53.2 Å². The number of nitrogens with zero attached hydrogens (tertiary/aromatic N) is 1. The van der Waals surface area contributed by atoms with Crippen LogP contribution >= 0.6 is 0 Å². The number of hydrogen-bond donors (Lipinski definition) is 4. The van der Waals surface area contributed by atoms with Gasteiger partial charge < -0.3 is 30.2 Å². The van der Waals surface area contributed by atoms with Gasteiger partial charge in [0, 0.05) is 22.7 Å². The zero-order valence-electron chi connectivity index (χ0n) is 22.4.